The van der Waals surface area contributed by atoms with Crippen LogP contribution in [0.4, 0.5) is 0 Å². The van der Waals surface area contributed by atoms with Gasteiger partial charge in [-0.3, -0.25) is 9.79 Å². The molecule has 1 amide bonds. The van der Waals surface area contributed by atoms with Crippen LogP contribution in [0.25, 0.3) is 22.1 Å². The van der Waals surface area contributed by atoms with Crippen molar-refractivity contribution in [2.24, 2.45) is 4.99 Å². The highest BCUT2D eigenvalue weighted by atomic mass is 16.3. The summed E-state index contributed by atoms with van der Waals surface area (Å²) in [7, 11) is 3.58. The molecule has 0 aliphatic carbocycles. The van der Waals surface area contributed by atoms with Gasteiger partial charge in [-0.15, -0.1) is 0 Å². The van der Waals surface area contributed by atoms with Crippen molar-refractivity contribution in [3.63, 3.8) is 0 Å². The third-order valence-corrected chi connectivity index (χ3v) is 4.47. The van der Waals surface area contributed by atoms with Crippen LogP contribution in [0, 0.1) is 0 Å². The van der Waals surface area contributed by atoms with Gasteiger partial charge in [-0.25, -0.2) is 9.97 Å². The zero-order chi connectivity index (χ0) is 21.7. The van der Waals surface area contributed by atoms with E-state index < -0.39 is 0 Å². The summed E-state index contributed by atoms with van der Waals surface area (Å²) in [5, 5.41) is 39.6. The molecule has 30 heavy (non-hydrogen) atoms. The van der Waals surface area contributed by atoms with Crippen LogP contribution in [0.1, 0.15) is 15.9 Å². The maximum atomic E-state index is 12.6. The zero-order valence-electron chi connectivity index (χ0n) is 16.7. The molecule has 0 aliphatic rings. The second kappa shape index (κ2) is 9.33. The summed E-state index contributed by atoms with van der Waals surface area (Å²) in [5.41, 5.74) is 0.949. The topological polar surface area (TPSA) is 152 Å². The lowest BCUT2D eigenvalue weighted by Crippen LogP contribution is -2.30. The molecule has 3 rings (SSSR count). The van der Waals surface area contributed by atoms with E-state index in [1.807, 2.05) is 0 Å². The first-order valence-corrected chi connectivity index (χ1v) is 9.43. The number of aromatic hydroxyl groups is 3. The average Bonchev–Trinajstić information content (AvgIpc) is 2.73. The normalized spacial score (nSPS) is 11.5. The standard InChI is InChI=1S/C20H24N6O4/c1-21-5-7-23-10-12-14(28)9-15(29)19-17(12)26-18-13(27)4-3-11(16(18)25-19)20(30)24-8-6-22-2/h3-4,9-10,21-22,27-29H,5-8H2,1-2H3,(H,24,30). The van der Waals surface area contributed by atoms with Crippen LogP contribution in [0.15, 0.2) is 23.2 Å². The molecule has 0 aliphatic heterocycles. The van der Waals surface area contributed by atoms with E-state index in [1.165, 1.54) is 18.3 Å². The number of rotatable bonds is 8. The molecule has 0 fully saturated rings. The van der Waals surface area contributed by atoms with E-state index in [-0.39, 0.29) is 56.3 Å². The zero-order valence-corrected chi connectivity index (χ0v) is 16.7. The minimum Gasteiger partial charge on any atom is -0.507 e. The van der Waals surface area contributed by atoms with Gasteiger partial charge in [-0.2, -0.15) is 0 Å². The highest BCUT2D eigenvalue weighted by molar-refractivity contribution is 6.09. The summed E-state index contributed by atoms with van der Waals surface area (Å²) in [5.74, 6) is -1.07. The predicted molar refractivity (Wildman–Crippen MR) is 115 cm³/mol. The fourth-order valence-electron chi connectivity index (χ4n) is 2.92. The van der Waals surface area contributed by atoms with E-state index >= 15 is 0 Å². The first kappa shape index (κ1) is 21.2. The summed E-state index contributed by atoms with van der Waals surface area (Å²) in [6.45, 7) is 2.12. The van der Waals surface area contributed by atoms with Crippen LogP contribution in [-0.2, 0) is 0 Å². The number of phenols is 3. The van der Waals surface area contributed by atoms with E-state index in [1.54, 1.807) is 14.1 Å². The molecule has 10 heteroatoms. The maximum absolute atomic E-state index is 12.6. The van der Waals surface area contributed by atoms with Gasteiger partial charge in [-0.05, 0) is 26.2 Å². The number of carbonyl (C=O) groups is 1. The lowest BCUT2D eigenvalue weighted by atomic mass is 10.1. The largest absolute Gasteiger partial charge is 0.507 e. The Bertz CT molecular complexity index is 1120. The van der Waals surface area contributed by atoms with Gasteiger partial charge < -0.3 is 31.3 Å². The molecular weight excluding hydrogens is 388 g/mol. The Kier molecular flexibility index (Phi) is 6.60. The van der Waals surface area contributed by atoms with Crippen molar-refractivity contribution in [2.45, 2.75) is 0 Å². The molecule has 0 bridgehead atoms. The Labute approximate surface area is 172 Å². The van der Waals surface area contributed by atoms with E-state index in [9.17, 15) is 20.1 Å². The molecule has 1 aromatic heterocycles. The Morgan fingerprint density at radius 1 is 0.933 bits per heavy atom. The number of aliphatic imine (C=N–C) groups is 1. The van der Waals surface area contributed by atoms with Crippen molar-refractivity contribution < 1.29 is 20.1 Å². The minimum atomic E-state index is -0.379. The summed E-state index contributed by atoms with van der Waals surface area (Å²) < 4.78 is 0. The van der Waals surface area contributed by atoms with E-state index in [2.05, 4.69) is 30.9 Å². The van der Waals surface area contributed by atoms with Crippen molar-refractivity contribution in [1.82, 2.24) is 25.9 Å². The SMILES string of the molecule is CNCCN=Cc1c(O)cc(O)c2nc3c(C(=O)NCCNC)ccc(O)c3nc12. The highest BCUT2D eigenvalue weighted by Gasteiger charge is 2.19. The van der Waals surface area contributed by atoms with Crippen molar-refractivity contribution in [1.29, 1.82) is 0 Å². The van der Waals surface area contributed by atoms with Gasteiger partial charge in [-0.1, -0.05) is 0 Å². The average molecular weight is 412 g/mol. The lowest BCUT2D eigenvalue weighted by molar-refractivity contribution is 0.0955. The van der Waals surface area contributed by atoms with Gasteiger partial charge in [0.2, 0.25) is 0 Å². The number of phenolic OH excluding ortho intramolecular Hbond substituents is 3. The number of likely N-dealkylation sites (N-methyl/N-ethyl adjacent to an activating group) is 2. The van der Waals surface area contributed by atoms with Gasteiger partial charge in [0, 0.05) is 31.9 Å². The Morgan fingerprint density at radius 2 is 1.63 bits per heavy atom. The first-order valence-electron chi connectivity index (χ1n) is 9.43. The summed E-state index contributed by atoms with van der Waals surface area (Å²) in [6.07, 6.45) is 1.44. The fourth-order valence-corrected chi connectivity index (χ4v) is 2.92. The molecule has 0 saturated heterocycles. The molecule has 158 valence electrons. The number of carbonyl (C=O) groups excluding carboxylic acids is 1. The van der Waals surface area contributed by atoms with Crippen molar-refractivity contribution in [3.05, 3.63) is 29.3 Å². The molecule has 6 N–H and O–H groups in total. The Morgan fingerprint density at radius 3 is 2.37 bits per heavy atom. The van der Waals surface area contributed by atoms with Gasteiger partial charge in [0.1, 0.15) is 39.3 Å². The van der Waals surface area contributed by atoms with Crippen molar-refractivity contribution >= 4 is 34.2 Å². The molecule has 0 unspecified atom stereocenters. The van der Waals surface area contributed by atoms with Crippen LogP contribution < -0.4 is 16.0 Å². The Balaban J connectivity index is 2.18. The number of hydrogen-bond donors (Lipinski definition) is 6. The van der Waals surface area contributed by atoms with Gasteiger partial charge in [0.25, 0.3) is 5.91 Å². The molecule has 0 spiro atoms. The van der Waals surface area contributed by atoms with E-state index in [4.69, 9.17) is 0 Å². The number of nitrogens with zero attached hydrogens (tertiary/aromatic N) is 3. The third kappa shape index (κ3) is 4.24. The summed E-state index contributed by atoms with van der Waals surface area (Å²) in [4.78, 5) is 25.6. The van der Waals surface area contributed by atoms with Crippen molar-refractivity contribution in [2.75, 3.05) is 40.3 Å². The maximum Gasteiger partial charge on any atom is 0.253 e. The molecule has 3 aromatic rings. The van der Waals surface area contributed by atoms with Gasteiger partial charge >= 0.3 is 0 Å². The fraction of sp³-hybridized carbons (Fsp3) is 0.300. The van der Waals surface area contributed by atoms with Crippen LogP contribution in [0.5, 0.6) is 17.2 Å². The van der Waals surface area contributed by atoms with Crippen LogP contribution in [0.2, 0.25) is 0 Å². The number of benzene rings is 2. The summed E-state index contributed by atoms with van der Waals surface area (Å²) >= 11 is 0. The molecule has 0 saturated carbocycles. The number of fused-ring (bicyclic) bond motifs is 2. The second-order valence-electron chi connectivity index (χ2n) is 6.58. The monoisotopic (exact) mass is 412 g/mol. The number of nitrogens with one attached hydrogen (secondary N) is 3. The van der Waals surface area contributed by atoms with E-state index in [0.717, 1.165) is 6.07 Å². The third-order valence-electron chi connectivity index (χ3n) is 4.47. The molecule has 0 atom stereocenters. The molecule has 1 heterocycles. The van der Waals surface area contributed by atoms with Crippen LogP contribution in [0.3, 0.4) is 0 Å². The summed E-state index contributed by atoms with van der Waals surface area (Å²) in [6, 6.07) is 3.96. The second-order valence-corrected chi connectivity index (χ2v) is 6.58. The molecular formula is C20H24N6O4. The van der Waals surface area contributed by atoms with Gasteiger partial charge in [0.05, 0.1) is 17.7 Å². The lowest BCUT2D eigenvalue weighted by Gasteiger charge is -2.11. The smallest absolute Gasteiger partial charge is 0.253 e. The molecule has 10 nitrogen and oxygen atoms in total. The van der Waals surface area contributed by atoms with Crippen LogP contribution in [-0.4, -0.2) is 77.7 Å². The Hall–Kier alpha value is -3.50. The molecule has 0 radical (unpaired) electrons. The molecule has 2 aromatic carbocycles. The minimum absolute atomic E-state index is 0.0821. The number of amides is 1. The number of hydrogen-bond acceptors (Lipinski definition) is 9. The first-order chi connectivity index (χ1) is 14.5. The highest BCUT2D eigenvalue weighted by Crippen LogP contribution is 2.35. The quantitative estimate of drug-likeness (QED) is 0.178. The van der Waals surface area contributed by atoms with Crippen molar-refractivity contribution in [3.8, 4) is 17.2 Å². The number of aromatic nitrogens is 2. The van der Waals surface area contributed by atoms with Crippen LogP contribution >= 0.6 is 0 Å². The predicted octanol–water partition coefficient (Wildman–Crippen LogP) is 0.487. The van der Waals surface area contributed by atoms with Gasteiger partial charge in [0.15, 0.2) is 0 Å². The van der Waals surface area contributed by atoms with E-state index in [0.29, 0.717) is 26.2 Å².